The van der Waals surface area contributed by atoms with Gasteiger partial charge in [0.05, 0.1) is 10.3 Å². The molecule has 0 radical (unpaired) electrons. The number of aromatic nitrogens is 3. The van der Waals surface area contributed by atoms with Gasteiger partial charge in [-0.15, -0.1) is 0 Å². The topological polar surface area (TPSA) is 103 Å². The molecule has 164 valence electrons. The molecular formula is C20H20ClFN4O4S. The van der Waals surface area contributed by atoms with Gasteiger partial charge in [-0.2, -0.15) is 9.97 Å². The summed E-state index contributed by atoms with van der Waals surface area (Å²) < 4.78 is 49.0. The Balaban J connectivity index is 2.20. The Morgan fingerprint density at radius 3 is 2.52 bits per heavy atom. The smallest absolute Gasteiger partial charge is 0.324 e. The fourth-order valence-electron chi connectivity index (χ4n) is 2.55. The van der Waals surface area contributed by atoms with Gasteiger partial charge < -0.3 is 9.30 Å². The first-order valence-electron chi connectivity index (χ1n) is 9.19. The molecule has 2 aromatic heterocycles. The first-order chi connectivity index (χ1) is 14.5. The molecule has 31 heavy (non-hydrogen) atoms. The van der Waals surface area contributed by atoms with Gasteiger partial charge >= 0.3 is 6.01 Å². The van der Waals surface area contributed by atoms with E-state index in [0.29, 0.717) is 5.56 Å². The lowest BCUT2D eigenvalue weighted by Gasteiger charge is -2.15. The number of rotatable bonds is 6. The number of halogens is 2. The minimum absolute atomic E-state index is 0.229. The Hall–Kier alpha value is -2.98. The maximum Gasteiger partial charge on any atom is 0.324 e. The standard InChI is InChI=1S/C20H20ClFN4O4S/c1-11(2)31(28,29)25-19-16(22)17(13-8-9-15(27)26(4)10-13)23-20(24-19)30-18-12(3)6-5-7-14(18)21/h5-11H,1-4H3,(H,23,24,25). The number of nitrogens with one attached hydrogen (secondary N) is 1. The zero-order valence-electron chi connectivity index (χ0n) is 17.2. The van der Waals surface area contributed by atoms with Crippen LogP contribution in [0.3, 0.4) is 0 Å². The van der Waals surface area contributed by atoms with Gasteiger partial charge in [0.25, 0.3) is 0 Å². The van der Waals surface area contributed by atoms with Crippen LogP contribution in [0.1, 0.15) is 19.4 Å². The fraction of sp³-hybridized carbons (Fsp3) is 0.250. The van der Waals surface area contributed by atoms with E-state index in [0.717, 1.165) is 0 Å². The van der Waals surface area contributed by atoms with Gasteiger partial charge in [0.15, 0.2) is 17.4 Å². The maximum absolute atomic E-state index is 15.2. The first kappa shape index (κ1) is 22.7. The van der Waals surface area contributed by atoms with Crippen molar-refractivity contribution in [3.63, 3.8) is 0 Å². The number of benzene rings is 1. The van der Waals surface area contributed by atoms with Crippen LogP contribution in [0.25, 0.3) is 11.3 Å². The van der Waals surface area contributed by atoms with Crippen LogP contribution in [0, 0.1) is 12.7 Å². The molecule has 0 aliphatic carbocycles. The van der Waals surface area contributed by atoms with Crippen molar-refractivity contribution in [2.75, 3.05) is 4.72 Å². The Morgan fingerprint density at radius 2 is 1.90 bits per heavy atom. The molecule has 0 saturated heterocycles. The summed E-state index contributed by atoms with van der Waals surface area (Å²) in [5, 5.41) is -0.557. The van der Waals surface area contributed by atoms with Crippen molar-refractivity contribution in [2.45, 2.75) is 26.0 Å². The minimum Gasteiger partial charge on any atom is -0.422 e. The van der Waals surface area contributed by atoms with Gasteiger partial charge in [-0.3, -0.25) is 9.52 Å². The molecule has 1 aromatic carbocycles. The Bertz CT molecular complexity index is 1290. The summed E-state index contributed by atoms with van der Waals surface area (Å²) in [6.07, 6.45) is 1.37. The van der Waals surface area contributed by atoms with Crippen molar-refractivity contribution in [3.8, 4) is 23.0 Å². The van der Waals surface area contributed by atoms with E-state index in [1.165, 1.54) is 43.8 Å². The second kappa shape index (κ2) is 8.64. The Labute approximate surface area is 183 Å². The number of hydrogen-bond acceptors (Lipinski definition) is 6. The van der Waals surface area contributed by atoms with Crippen molar-refractivity contribution in [2.24, 2.45) is 7.05 Å². The van der Waals surface area contributed by atoms with E-state index in [1.54, 1.807) is 25.1 Å². The highest BCUT2D eigenvalue weighted by molar-refractivity contribution is 7.93. The molecule has 8 nitrogen and oxygen atoms in total. The van der Waals surface area contributed by atoms with Gasteiger partial charge in [-0.1, -0.05) is 23.7 Å². The van der Waals surface area contributed by atoms with Gasteiger partial charge in [0.1, 0.15) is 5.69 Å². The molecule has 0 saturated carbocycles. The molecule has 2 heterocycles. The second-order valence-electron chi connectivity index (χ2n) is 7.07. The van der Waals surface area contributed by atoms with Crippen LogP contribution in [-0.2, 0) is 17.1 Å². The number of nitrogens with zero attached hydrogens (tertiary/aromatic N) is 3. The lowest BCUT2D eigenvalue weighted by Crippen LogP contribution is -2.24. The second-order valence-corrected chi connectivity index (χ2v) is 9.71. The molecule has 0 unspecified atom stereocenters. The third-order valence-electron chi connectivity index (χ3n) is 4.41. The summed E-state index contributed by atoms with van der Waals surface area (Å²) in [7, 11) is -2.41. The summed E-state index contributed by atoms with van der Waals surface area (Å²) >= 11 is 6.19. The van der Waals surface area contributed by atoms with Crippen molar-refractivity contribution in [1.29, 1.82) is 0 Å². The molecule has 1 N–H and O–H groups in total. The van der Waals surface area contributed by atoms with Crippen LogP contribution < -0.4 is 15.0 Å². The lowest BCUT2D eigenvalue weighted by molar-refractivity contribution is 0.436. The molecule has 0 amide bonds. The molecule has 3 aromatic rings. The fourth-order valence-corrected chi connectivity index (χ4v) is 3.46. The van der Waals surface area contributed by atoms with Crippen molar-refractivity contribution >= 4 is 27.4 Å². The molecular weight excluding hydrogens is 447 g/mol. The molecule has 0 aliphatic heterocycles. The number of ether oxygens (including phenoxy) is 1. The molecule has 11 heteroatoms. The normalized spacial score (nSPS) is 11.6. The van der Waals surface area contributed by atoms with Crippen LogP contribution in [0.4, 0.5) is 10.2 Å². The van der Waals surface area contributed by atoms with Crippen LogP contribution in [-0.4, -0.2) is 28.2 Å². The molecule has 3 rings (SSSR count). The lowest BCUT2D eigenvalue weighted by atomic mass is 10.2. The maximum atomic E-state index is 15.2. The number of aryl methyl sites for hydroxylation is 2. The minimum atomic E-state index is -3.91. The Kier molecular flexibility index (Phi) is 6.33. The average Bonchev–Trinajstić information content (AvgIpc) is 2.69. The largest absolute Gasteiger partial charge is 0.422 e. The third kappa shape index (κ3) is 4.86. The van der Waals surface area contributed by atoms with Gasteiger partial charge in [0.2, 0.25) is 15.6 Å². The van der Waals surface area contributed by atoms with Crippen molar-refractivity contribution in [3.05, 3.63) is 63.3 Å². The van der Waals surface area contributed by atoms with E-state index in [-0.39, 0.29) is 33.6 Å². The molecule has 0 spiro atoms. The van der Waals surface area contributed by atoms with Gasteiger partial charge in [-0.05, 0) is 38.5 Å². The quantitative estimate of drug-likeness (QED) is 0.591. The zero-order valence-corrected chi connectivity index (χ0v) is 18.8. The van der Waals surface area contributed by atoms with E-state index in [2.05, 4.69) is 14.7 Å². The van der Waals surface area contributed by atoms with E-state index in [4.69, 9.17) is 16.3 Å². The SMILES string of the molecule is Cc1cccc(Cl)c1Oc1nc(NS(=O)(=O)C(C)C)c(F)c(-c2ccc(=O)n(C)c2)n1. The van der Waals surface area contributed by atoms with Crippen LogP contribution in [0.2, 0.25) is 5.02 Å². The number of sulfonamides is 1. The van der Waals surface area contributed by atoms with E-state index < -0.39 is 26.9 Å². The predicted octanol–water partition coefficient (Wildman–Crippen LogP) is 3.89. The van der Waals surface area contributed by atoms with E-state index in [1.807, 2.05) is 0 Å². The summed E-state index contributed by atoms with van der Waals surface area (Å²) in [5.74, 6) is -1.33. The molecule has 0 fully saturated rings. The first-order valence-corrected chi connectivity index (χ1v) is 11.1. The van der Waals surface area contributed by atoms with Crippen LogP contribution >= 0.6 is 11.6 Å². The summed E-state index contributed by atoms with van der Waals surface area (Å²) in [6, 6.07) is 7.38. The van der Waals surface area contributed by atoms with Crippen LogP contribution in [0.5, 0.6) is 11.8 Å². The monoisotopic (exact) mass is 466 g/mol. The van der Waals surface area contributed by atoms with Crippen molar-refractivity contribution < 1.29 is 17.5 Å². The number of pyridine rings is 1. The highest BCUT2D eigenvalue weighted by atomic mass is 35.5. The summed E-state index contributed by atoms with van der Waals surface area (Å²) in [6.45, 7) is 4.64. The highest BCUT2D eigenvalue weighted by Crippen LogP contribution is 2.34. The van der Waals surface area contributed by atoms with E-state index >= 15 is 4.39 Å². The number of hydrogen-bond donors (Lipinski definition) is 1. The van der Waals surface area contributed by atoms with E-state index in [9.17, 15) is 13.2 Å². The van der Waals surface area contributed by atoms with Gasteiger partial charge in [0, 0.05) is 24.9 Å². The van der Waals surface area contributed by atoms with Crippen molar-refractivity contribution in [1.82, 2.24) is 14.5 Å². The summed E-state index contributed by atoms with van der Waals surface area (Å²) in [4.78, 5) is 19.7. The number of anilines is 1. The van der Waals surface area contributed by atoms with Gasteiger partial charge in [-0.25, -0.2) is 12.8 Å². The molecule has 0 atom stereocenters. The predicted molar refractivity (Wildman–Crippen MR) is 117 cm³/mol. The summed E-state index contributed by atoms with van der Waals surface area (Å²) in [5.41, 5.74) is 0.356. The van der Waals surface area contributed by atoms with Crippen LogP contribution in [0.15, 0.2) is 41.3 Å². The Morgan fingerprint density at radius 1 is 1.19 bits per heavy atom. The molecule has 0 aliphatic rings. The number of para-hydroxylation sites is 1. The highest BCUT2D eigenvalue weighted by Gasteiger charge is 2.24. The molecule has 0 bridgehead atoms. The average molecular weight is 467 g/mol. The zero-order chi connectivity index (χ0) is 22.9. The third-order valence-corrected chi connectivity index (χ3v) is 6.42.